The molecule has 0 aliphatic rings. The topological polar surface area (TPSA) is 101 Å². The number of hydrogen-bond donors (Lipinski definition) is 3. The molecule has 1 atom stereocenters. The zero-order valence-corrected chi connectivity index (χ0v) is 13.5. The van der Waals surface area contributed by atoms with Crippen LogP contribution in [0.25, 0.3) is 0 Å². The first-order chi connectivity index (χ1) is 9.72. The van der Waals surface area contributed by atoms with Crippen molar-refractivity contribution in [2.75, 3.05) is 11.9 Å². The fourth-order valence-electron chi connectivity index (χ4n) is 1.92. The molecule has 0 saturated heterocycles. The maximum atomic E-state index is 12.4. The molecule has 1 rings (SSSR count). The molecule has 118 valence electrons. The Morgan fingerprint density at radius 3 is 2.29 bits per heavy atom. The third kappa shape index (κ3) is 5.11. The smallest absolute Gasteiger partial charge is 0.241 e. The highest BCUT2D eigenvalue weighted by molar-refractivity contribution is 7.89. The number of sulfonamides is 1. The monoisotopic (exact) mass is 313 g/mol. The van der Waals surface area contributed by atoms with Gasteiger partial charge in [0.2, 0.25) is 15.9 Å². The number of anilines is 1. The Balaban J connectivity index is 2.94. The van der Waals surface area contributed by atoms with E-state index in [1.807, 2.05) is 13.8 Å². The Morgan fingerprint density at radius 2 is 1.86 bits per heavy atom. The fourth-order valence-corrected chi connectivity index (χ4v) is 3.43. The van der Waals surface area contributed by atoms with Gasteiger partial charge >= 0.3 is 0 Å². The van der Waals surface area contributed by atoms with Crippen LogP contribution in [0, 0.1) is 0 Å². The van der Waals surface area contributed by atoms with Crippen LogP contribution in [0.15, 0.2) is 29.2 Å². The molecular formula is C14H23N3O3S. The number of nitrogens with two attached hydrogens (primary N) is 1. The molecule has 7 heteroatoms. The molecule has 21 heavy (non-hydrogen) atoms. The molecule has 0 spiro atoms. The lowest BCUT2D eigenvalue weighted by molar-refractivity contribution is -0.114. The van der Waals surface area contributed by atoms with Gasteiger partial charge in [0, 0.05) is 18.2 Å². The van der Waals surface area contributed by atoms with Crippen molar-refractivity contribution in [3.8, 4) is 0 Å². The van der Waals surface area contributed by atoms with E-state index in [9.17, 15) is 13.2 Å². The highest BCUT2D eigenvalue weighted by Gasteiger charge is 2.28. The third-order valence-corrected chi connectivity index (χ3v) is 5.00. The summed E-state index contributed by atoms with van der Waals surface area (Å²) in [5.41, 5.74) is 5.53. The van der Waals surface area contributed by atoms with Gasteiger partial charge < -0.3 is 11.1 Å². The second kappa shape index (κ2) is 7.02. The molecule has 1 amide bonds. The van der Waals surface area contributed by atoms with E-state index in [2.05, 4.69) is 10.0 Å². The summed E-state index contributed by atoms with van der Waals surface area (Å²) in [6, 6.07) is 6.04. The first kappa shape index (κ1) is 17.6. The lowest BCUT2D eigenvalue weighted by Crippen LogP contribution is -2.46. The first-order valence-corrected chi connectivity index (χ1v) is 8.32. The Bertz CT molecular complexity index is 584. The van der Waals surface area contributed by atoms with Gasteiger partial charge in [0.05, 0.1) is 4.90 Å². The molecule has 0 aromatic heterocycles. The second-order valence-corrected chi connectivity index (χ2v) is 6.95. The molecule has 1 aromatic rings. The van der Waals surface area contributed by atoms with Crippen LogP contribution in [0.4, 0.5) is 5.69 Å². The summed E-state index contributed by atoms with van der Waals surface area (Å²) >= 11 is 0. The van der Waals surface area contributed by atoms with Crippen molar-refractivity contribution in [1.29, 1.82) is 0 Å². The number of rotatable bonds is 7. The lowest BCUT2D eigenvalue weighted by Gasteiger charge is -2.28. The summed E-state index contributed by atoms with van der Waals surface area (Å²) in [5.74, 6) is -0.203. The second-order valence-electron chi connectivity index (χ2n) is 5.26. The predicted octanol–water partition coefficient (Wildman–Crippen LogP) is 1.44. The van der Waals surface area contributed by atoms with E-state index >= 15 is 0 Å². The fraction of sp³-hybridized carbons (Fsp3) is 0.500. The molecule has 1 unspecified atom stereocenters. The van der Waals surface area contributed by atoms with E-state index in [4.69, 9.17) is 5.73 Å². The minimum atomic E-state index is -3.62. The normalized spacial score (nSPS) is 14.5. The Morgan fingerprint density at radius 1 is 1.29 bits per heavy atom. The lowest BCUT2D eigenvalue weighted by atomic mass is 9.96. The summed E-state index contributed by atoms with van der Waals surface area (Å²) in [6.07, 6.45) is 1.21. The van der Waals surface area contributed by atoms with Crippen molar-refractivity contribution in [2.45, 2.75) is 44.0 Å². The highest BCUT2D eigenvalue weighted by atomic mass is 32.2. The summed E-state index contributed by atoms with van der Waals surface area (Å²) in [6.45, 7) is 5.56. The van der Waals surface area contributed by atoms with Crippen molar-refractivity contribution in [1.82, 2.24) is 4.72 Å². The largest absolute Gasteiger partial charge is 0.330 e. The first-order valence-electron chi connectivity index (χ1n) is 6.84. The van der Waals surface area contributed by atoms with Gasteiger partial charge in [-0.15, -0.1) is 0 Å². The van der Waals surface area contributed by atoms with Crippen LogP contribution in [0.5, 0.6) is 0 Å². The number of carbonyl (C=O) groups is 1. The van der Waals surface area contributed by atoms with Crippen molar-refractivity contribution >= 4 is 21.6 Å². The van der Waals surface area contributed by atoms with Crippen LogP contribution in [0.2, 0.25) is 0 Å². The van der Waals surface area contributed by atoms with E-state index in [1.165, 1.54) is 19.1 Å². The van der Waals surface area contributed by atoms with Crippen LogP contribution in [0.3, 0.4) is 0 Å². The molecule has 0 saturated carbocycles. The molecule has 1 aromatic carbocycles. The minimum absolute atomic E-state index is 0.160. The average molecular weight is 313 g/mol. The van der Waals surface area contributed by atoms with E-state index in [0.29, 0.717) is 25.1 Å². The van der Waals surface area contributed by atoms with Crippen molar-refractivity contribution in [3.63, 3.8) is 0 Å². The molecule has 4 N–H and O–H groups in total. The SMILES string of the molecule is CCC(C)(CCN)NS(=O)(=O)c1ccc(NC(C)=O)cc1. The van der Waals surface area contributed by atoms with Gasteiger partial charge in [-0.1, -0.05) is 6.92 Å². The molecule has 0 heterocycles. The maximum Gasteiger partial charge on any atom is 0.241 e. The van der Waals surface area contributed by atoms with Crippen LogP contribution in [-0.4, -0.2) is 26.4 Å². The molecule has 0 bridgehead atoms. The standard InChI is InChI=1S/C14H23N3O3S/c1-4-14(3,9-10-15)17-21(19,20)13-7-5-12(6-8-13)16-11(2)18/h5-8,17H,4,9-10,15H2,1-3H3,(H,16,18). The van der Waals surface area contributed by atoms with Crippen LogP contribution < -0.4 is 15.8 Å². The summed E-state index contributed by atoms with van der Waals surface area (Å²) < 4.78 is 27.5. The Labute approximate surface area is 126 Å². The van der Waals surface area contributed by atoms with Crippen molar-refractivity contribution in [2.24, 2.45) is 5.73 Å². The van der Waals surface area contributed by atoms with Crippen LogP contribution in [0.1, 0.15) is 33.6 Å². The molecule has 0 radical (unpaired) electrons. The Kier molecular flexibility index (Phi) is 5.88. The third-order valence-electron chi connectivity index (χ3n) is 3.34. The van der Waals surface area contributed by atoms with Gasteiger partial charge in [0.15, 0.2) is 0 Å². The quantitative estimate of drug-likeness (QED) is 0.709. The average Bonchev–Trinajstić information content (AvgIpc) is 2.38. The summed E-state index contributed by atoms with van der Waals surface area (Å²) in [7, 11) is -3.62. The minimum Gasteiger partial charge on any atom is -0.330 e. The van der Waals surface area contributed by atoms with Gasteiger partial charge in [-0.2, -0.15) is 0 Å². The van der Waals surface area contributed by atoms with Gasteiger partial charge in [-0.3, -0.25) is 4.79 Å². The molecule has 0 aliphatic carbocycles. The number of benzene rings is 1. The van der Waals surface area contributed by atoms with E-state index in [0.717, 1.165) is 0 Å². The zero-order valence-electron chi connectivity index (χ0n) is 12.6. The van der Waals surface area contributed by atoms with Crippen molar-refractivity contribution in [3.05, 3.63) is 24.3 Å². The van der Waals surface area contributed by atoms with E-state index in [-0.39, 0.29) is 10.8 Å². The Hall–Kier alpha value is -1.44. The predicted molar refractivity (Wildman–Crippen MR) is 83.4 cm³/mol. The van der Waals surface area contributed by atoms with Gasteiger partial charge in [0.1, 0.15) is 0 Å². The zero-order chi connectivity index (χ0) is 16.1. The highest BCUT2D eigenvalue weighted by Crippen LogP contribution is 2.20. The van der Waals surface area contributed by atoms with Gasteiger partial charge in [-0.25, -0.2) is 13.1 Å². The number of carbonyl (C=O) groups excluding carboxylic acids is 1. The molecule has 6 nitrogen and oxygen atoms in total. The van der Waals surface area contributed by atoms with E-state index in [1.54, 1.807) is 12.1 Å². The van der Waals surface area contributed by atoms with Crippen molar-refractivity contribution < 1.29 is 13.2 Å². The molecule has 0 fully saturated rings. The van der Waals surface area contributed by atoms with Gasteiger partial charge in [0.25, 0.3) is 0 Å². The number of amides is 1. The molecular weight excluding hydrogens is 290 g/mol. The van der Waals surface area contributed by atoms with E-state index < -0.39 is 15.6 Å². The van der Waals surface area contributed by atoms with Crippen LogP contribution in [-0.2, 0) is 14.8 Å². The van der Waals surface area contributed by atoms with Crippen LogP contribution >= 0.6 is 0 Å². The number of hydrogen-bond acceptors (Lipinski definition) is 4. The number of nitrogens with one attached hydrogen (secondary N) is 2. The molecule has 0 aliphatic heterocycles. The summed E-state index contributed by atoms with van der Waals surface area (Å²) in [4.78, 5) is 11.1. The van der Waals surface area contributed by atoms with Gasteiger partial charge in [-0.05, 0) is 50.6 Å². The maximum absolute atomic E-state index is 12.4. The summed E-state index contributed by atoms with van der Waals surface area (Å²) in [5, 5.41) is 2.59.